The van der Waals surface area contributed by atoms with Gasteiger partial charge < -0.3 is 15.0 Å². The van der Waals surface area contributed by atoms with Gasteiger partial charge in [0.2, 0.25) is 5.91 Å². The molecule has 0 aromatic heterocycles. The van der Waals surface area contributed by atoms with Crippen molar-refractivity contribution >= 4 is 23.2 Å². The molecule has 1 fully saturated rings. The molecule has 1 atom stereocenters. The van der Waals surface area contributed by atoms with Crippen LogP contribution in [-0.4, -0.2) is 32.1 Å². The second-order valence-electron chi connectivity index (χ2n) is 4.96. The average molecular weight is 297 g/mol. The summed E-state index contributed by atoms with van der Waals surface area (Å²) in [5, 5.41) is 3.87. The van der Waals surface area contributed by atoms with Gasteiger partial charge in [0.15, 0.2) is 0 Å². The number of hydrogen-bond donors (Lipinski definition) is 1. The lowest BCUT2D eigenvalue weighted by Gasteiger charge is -2.33. The van der Waals surface area contributed by atoms with Gasteiger partial charge in [-0.3, -0.25) is 4.79 Å². The molecule has 1 saturated heterocycles. The lowest BCUT2D eigenvalue weighted by Crippen LogP contribution is -2.51. The van der Waals surface area contributed by atoms with Crippen molar-refractivity contribution in [2.45, 2.75) is 32.2 Å². The molecule has 1 aromatic carbocycles. The van der Waals surface area contributed by atoms with Crippen LogP contribution in [0.2, 0.25) is 5.02 Å². The predicted molar refractivity (Wildman–Crippen MR) is 81.7 cm³/mol. The first-order valence-electron chi connectivity index (χ1n) is 7.05. The molecule has 1 heterocycles. The monoisotopic (exact) mass is 296 g/mol. The third-order valence-corrected chi connectivity index (χ3v) is 3.84. The van der Waals surface area contributed by atoms with E-state index in [-0.39, 0.29) is 11.9 Å². The van der Waals surface area contributed by atoms with Crippen molar-refractivity contribution in [1.29, 1.82) is 0 Å². The molecule has 2 rings (SSSR count). The van der Waals surface area contributed by atoms with E-state index in [9.17, 15) is 4.79 Å². The minimum absolute atomic E-state index is 0.0784. The number of hydrogen-bond acceptors (Lipinski definition) is 3. The molecule has 1 aliphatic rings. The summed E-state index contributed by atoms with van der Waals surface area (Å²) in [4.78, 5) is 14.3. The van der Waals surface area contributed by atoms with Crippen LogP contribution >= 0.6 is 11.6 Å². The molecule has 0 bridgehead atoms. The molecule has 1 N–H and O–H groups in total. The molecule has 1 unspecified atom stereocenters. The number of nitrogens with zero attached hydrogens (tertiary/aromatic N) is 1. The fraction of sp³-hybridized carbons (Fsp3) is 0.533. The minimum atomic E-state index is -0.0784. The Balaban J connectivity index is 2.16. The number of rotatable bonds is 5. The Bertz CT molecular complexity index is 479. The maximum Gasteiger partial charge on any atom is 0.244 e. The maximum atomic E-state index is 12.5. The number of carbonyl (C=O) groups excluding carboxylic acids is 1. The van der Waals surface area contributed by atoms with Crippen LogP contribution in [0.25, 0.3) is 0 Å². The second kappa shape index (κ2) is 6.95. The highest BCUT2D eigenvalue weighted by molar-refractivity contribution is 6.32. The van der Waals surface area contributed by atoms with Crippen LogP contribution in [0.15, 0.2) is 18.2 Å². The zero-order valence-electron chi connectivity index (χ0n) is 12.0. The standard InChI is InChI=1S/C15H21ClN2O2/c1-3-8-17-13-5-4-9-18(15(13)19)11-6-7-12(16)14(10-11)20-2/h6-7,10,13,17H,3-5,8-9H2,1-2H3. The number of anilines is 1. The fourth-order valence-electron chi connectivity index (χ4n) is 2.46. The number of ether oxygens (including phenoxy) is 1. The van der Waals surface area contributed by atoms with E-state index < -0.39 is 0 Å². The first-order chi connectivity index (χ1) is 9.67. The van der Waals surface area contributed by atoms with E-state index in [1.54, 1.807) is 13.2 Å². The third kappa shape index (κ3) is 3.25. The quantitative estimate of drug-likeness (QED) is 0.908. The molecule has 1 amide bonds. The van der Waals surface area contributed by atoms with Gasteiger partial charge in [0.05, 0.1) is 18.2 Å². The molecular formula is C15H21ClN2O2. The molecule has 1 aromatic rings. The van der Waals surface area contributed by atoms with Gasteiger partial charge in [0.25, 0.3) is 0 Å². The Morgan fingerprint density at radius 1 is 1.50 bits per heavy atom. The summed E-state index contributed by atoms with van der Waals surface area (Å²) in [5.74, 6) is 0.731. The van der Waals surface area contributed by atoms with E-state index in [0.717, 1.165) is 38.0 Å². The summed E-state index contributed by atoms with van der Waals surface area (Å²) in [5.41, 5.74) is 0.847. The SMILES string of the molecule is CCCNC1CCCN(c2ccc(Cl)c(OC)c2)C1=O. The molecular weight excluding hydrogens is 276 g/mol. The summed E-state index contributed by atoms with van der Waals surface area (Å²) in [6.07, 6.45) is 2.93. The number of carbonyl (C=O) groups is 1. The minimum Gasteiger partial charge on any atom is -0.495 e. The molecule has 1 aliphatic heterocycles. The van der Waals surface area contributed by atoms with Gasteiger partial charge in [-0.05, 0) is 37.9 Å². The van der Waals surface area contributed by atoms with E-state index in [4.69, 9.17) is 16.3 Å². The van der Waals surface area contributed by atoms with Gasteiger partial charge in [-0.15, -0.1) is 0 Å². The van der Waals surface area contributed by atoms with Crippen LogP contribution in [-0.2, 0) is 4.79 Å². The zero-order chi connectivity index (χ0) is 14.5. The third-order valence-electron chi connectivity index (χ3n) is 3.53. The summed E-state index contributed by atoms with van der Waals surface area (Å²) in [6, 6.07) is 5.38. The highest BCUT2D eigenvalue weighted by Crippen LogP contribution is 2.31. The first kappa shape index (κ1) is 15.1. The van der Waals surface area contributed by atoms with Crippen LogP contribution in [0, 0.1) is 0 Å². The van der Waals surface area contributed by atoms with Crippen molar-refractivity contribution in [2.75, 3.05) is 25.1 Å². The van der Waals surface area contributed by atoms with Gasteiger partial charge in [0, 0.05) is 18.3 Å². The first-order valence-corrected chi connectivity index (χ1v) is 7.43. The van der Waals surface area contributed by atoms with Crippen LogP contribution < -0.4 is 15.0 Å². The van der Waals surface area contributed by atoms with Crippen molar-refractivity contribution < 1.29 is 9.53 Å². The largest absolute Gasteiger partial charge is 0.495 e. The van der Waals surface area contributed by atoms with Gasteiger partial charge in [-0.1, -0.05) is 18.5 Å². The molecule has 20 heavy (non-hydrogen) atoms. The Hall–Kier alpha value is -1.26. The van der Waals surface area contributed by atoms with Gasteiger partial charge in [0.1, 0.15) is 5.75 Å². The number of amides is 1. The van der Waals surface area contributed by atoms with Crippen LogP contribution in [0.5, 0.6) is 5.75 Å². The van der Waals surface area contributed by atoms with E-state index in [2.05, 4.69) is 12.2 Å². The highest BCUT2D eigenvalue weighted by atomic mass is 35.5. The molecule has 0 spiro atoms. The lowest BCUT2D eigenvalue weighted by molar-refractivity contribution is -0.121. The number of piperidine rings is 1. The van der Waals surface area contributed by atoms with E-state index in [1.807, 2.05) is 17.0 Å². The fourth-order valence-corrected chi connectivity index (χ4v) is 2.65. The topological polar surface area (TPSA) is 41.6 Å². The Kier molecular flexibility index (Phi) is 5.26. The van der Waals surface area contributed by atoms with Crippen molar-refractivity contribution in [3.05, 3.63) is 23.2 Å². The molecule has 5 heteroatoms. The lowest BCUT2D eigenvalue weighted by atomic mass is 10.0. The summed E-state index contributed by atoms with van der Waals surface area (Å²) < 4.78 is 5.22. The normalized spacial score (nSPS) is 19.2. The van der Waals surface area contributed by atoms with Crippen LogP contribution in [0.4, 0.5) is 5.69 Å². The van der Waals surface area contributed by atoms with E-state index in [1.165, 1.54) is 0 Å². The number of halogens is 1. The Morgan fingerprint density at radius 2 is 2.30 bits per heavy atom. The second-order valence-corrected chi connectivity index (χ2v) is 5.36. The number of nitrogens with one attached hydrogen (secondary N) is 1. The van der Waals surface area contributed by atoms with Crippen LogP contribution in [0.1, 0.15) is 26.2 Å². The molecule has 0 radical (unpaired) electrons. The zero-order valence-corrected chi connectivity index (χ0v) is 12.7. The molecule has 0 saturated carbocycles. The number of benzene rings is 1. The highest BCUT2D eigenvalue weighted by Gasteiger charge is 2.29. The van der Waals surface area contributed by atoms with Crippen molar-refractivity contribution in [1.82, 2.24) is 5.32 Å². The van der Waals surface area contributed by atoms with Crippen molar-refractivity contribution in [2.24, 2.45) is 0 Å². The van der Waals surface area contributed by atoms with Crippen molar-refractivity contribution in [3.8, 4) is 5.75 Å². The van der Waals surface area contributed by atoms with Crippen molar-refractivity contribution in [3.63, 3.8) is 0 Å². The summed E-state index contributed by atoms with van der Waals surface area (Å²) >= 11 is 6.03. The number of methoxy groups -OCH3 is 1. The molecule has 110 valence electrons. The van der Waals surface area contributed by atoms with Gasteiger partial charge in [-0.25, -0.2) is 0 Å². The van der Waals surface area contributed by atoms with Gasteiger partial charge in [-0.2, -0.15) is 0 Å². The summed E-state index contributed by atoms with van der Waals surface area (Å²) in [7, 11) is 1.58. The predicted octanol–water partition coefficient (Wildman–Crippen LogP) is 2.84. The average Bonchev–Trinajstić information content (AvgIpc) is 2.47. The van der Waals surface area contributed by atoms with Gasteiger partial charge >= 0.3 is 0 Å². The molecule has 0 aliphatic carbocycles. The smallest absolute Gasteiger partial charge is 0.244 e. The maximum absolute atomic E-state index is 12.5. The van der Waals surface area contributed by atoms with E-state index >= 15 is 0 Å². The molecule has 4 nitrogen and oxygen atoms in total. The Labute approximate surface area is 125 Å². The summed E-state index contributed by atoms with van der Waals surface area (Å²) in [6.45, 7) is 3.71. The Morgan fingerprint density at radius 3 is 3.00 bits per heavy atom. The van der Waals surface area contributed by atoms with E-state index in [0.29, 0.717) is 10.8 Å². The van der Waals surface area contributed by atoms with Crippen LogP contribution in [0.3, 0.4) is 0 Å².